The number of piperazine rings is 1. The van der Waals surface area contributed by atoms with E-state index < -0.39 is 24.1 Å². The molecule has 1 amide bonds. The number of pyridine rings is 1. The summed E-state index contributed by atoms with van der Waals surface area (Å²) < 4.78 is 54.1. The number of nitriles is 1. The van der Waals surface area contributed by atoms with Gasteiger partial charge in [0.05, 0.1) is 18.2 Å². The van der Waals surface area contributed by atoms with E-state index in [2.05, 4.69) is 15.2 Å². The number of hydrogen-bond donors (Lipinski definition) is 1. The molecule has 2 aliphatic rings. The lowest BCUT2D eigenvalue weighted by Gasteiger charge is -2.42. The first-order valence-electron chi connectivity index (χ1n) is 10.3. The molecule has 2 aliphatic heterocycles. The Kier molecular flexibility index (Phi) is 6.28. The summed E-state index contributed by atoms with van der Waals surface area (Å²) in [4.78, 5) is 20.9. The maximum atomic E-state index is 14.0. The van der Waals surface area contributed by atoms with Crippen LogP contribution in [0.1, 0.15) is 30.0 Å². The Morgan fingerprint density at radius 3 is 2.47 bits per heavy atom. The van der Waals surface area contributed by atoms with Crippen LogP contribution in [-0.4, -0.2) is 53.9 Å². The van der Waals surface area contributed by atoms with Gasteiger partial charge in [0.2, 0.25) is 5.91 Å². The SMILES string of the molecule is N#Cc1ccc(N2C3CCC2CN(C(=O)CNC(c2ccc(F)cc2F)C(F)F)C3)nc1. The van der Waals surface area contributed by atoms with Gasteiger partial charge in [-0.15, -0.1) is 0 Å². The largest absolute Gasteiger partial charge is 0.347 e. The van der Waals surface area contributed by atoms with Crippen LogP contribution in [0.5, 0.6) is 0 Å². The summed E-state index contributed by atoms with van der Waals surface area (Å²) in [5, 5.41) is 11.4. The molecule has 1 aromatic carbocycles. The van der Waals surface area contributed by atoms with Crippen molar-refractivity contribution in [3.63, 3.8) is 0 Å². The van der Waals surface area contributed by atoms with E-state index in [1.165, 1.54) is 6.20 Å². The highest BCUT2D eigenvalue weighted by molar-refractivity contribution is 5.79. The second kappa shape index (κ2) is 9.12. The van der Waals surface area contributed by atoms with Crippen LogP contribution in [0.25, 0.3) is 0 Å². The van der Waals surface area contributed by atoms with Gasteiger partial charge in [0, 0.05) is 43.0 Å². The molecular formula is C22H21F4N5O. The number of anilines is 1. The standard InChI is InChI=1S/C22H21F4N5O/c23-14-2-5-17(18(24)7-14)21(22(25)26)29-10-20(32)30-11-15-3-4-16(12-30)31(15)19-6-1-13(8-27)9-28-19/h1-2,5-7,9,15-16,21-22,29H,3-4,10-12H2. The summed E-state index contributed by atoms with van der Waals surface area (Å²) in [6.45, 7) is 0.451. The first kappa shape index (κ1) is 22.0. The molecule has 3 heterocycles. The van der Waals surface area contributed by atoms with Gasteiger partial charge < -0.3 is 9.80 Å². The number of benzene rings is 1. The molecule has 4 rings (SSSR count). The number of halogens is 4. The van der Waals surface area contributed by atoms with Gasteiger partial charge in [-0.3, -0.25) is 10.1 Å². The fourth-order valence-corrected chi connectivity index (χ4v) is 4.48. The highest BCUT2D eigenvalue weighted by Gasteiger charge is 2.42. The first-order valence-corrected chi connectivity index (χ1v) is 10.3. The van der Waals surface area contributed by atoms with Crippen molar-refractivity contribution >= 4 is 11.7 Å². The summed E-state index contributed by atoms with van der Waals surface area (Å²) in [7, 11) is 0. The van der Waals surface area contributed by atoms with Gasteiger partial charge in [0.25, 0.3) is 6.43 Å². The van der Waals surface area contributed by atoms with Gasteiger partial charge in [-0.2, -0.15) is 5.26 Å². The molecule has 1 N–H and O–H groups in total. The van der Waals surface area contributed by atoms with E-state index in [9.17, 15) is 22.4 Å². The topological polar surface area (TPSA) is 72.3 Å². The molecule has 0 saturated carbocycles. The minimum atomic E-state index is -2.97. The molecule has 3 atom stereocenters. The molecule has 2 aromatic rings. The van der Waals surface area contributed by atoms with Crippen molar-refractivity contribution in [3.05, 3.63) is 59.3 Å². The van der Waals surface area contributed by atoms with Crippen molar-refractivity contribution in [1.29, 1.82) is 5.26 Å². The second-order valence-corrected chi connectivity index (χ2v) is 7.97. The lowest BCUT2D eigenvalue weighted by molar-refractivity contribution is -0.131. The molecule has 0 aliphatic carbocycles. The molecule has 1 aromatic heterocycles. The molecule has 6 nitrogen and oxygen atoms in total. The Bertz CT molecular complexity index is 1010. The van der Waals surface area contributed by atoms with Crippen molar-refractivity contribution in [1.82, 2.24) is 15.2 Å². The highest BCUT2D eigenvalue weighted by atomic mass is 19.3. The Balaban J connectivity index is 1.40. The number of likely N-dealkylation sites (tertiary alicyclic amines) is 1. The maximum absolute atomic E-state index is 14.0. The Labute approximate surface area is 182 Å². The zero-order valence-electron chi connectivity index (χ0n) is 17.0. The second-order valence-electron chi connectivity index (χ2n) is 7.97. The monoisotopic (exact) mass is 447 g/mol. The van der Waals surface area contributed by atoms with Gasteiger partial charge in [0.15, 0.2) is 0 Å². The van der Waals surface area contributed by atoms with Crippen LogP contribution >= 0.6 is 0 Å². The molecule has 0 radical (unpaired) electrons. The van der Waals surface area contributed by atoms with E-state index >= 15 is 0 Å². The van der Waals surface area contributed by atoms with E-state index in [-0.39, 0.29) is 30.1 Å². The van der Waals surface area contributed by atoms with Crippen LogP contribution in [-0.2, 0) is 4.79 Å². The van der Waals surface area contributed by atoms with Crippen LogP contribution < -0.4 is 10.2 Å². The number of aromatic nitrogens is 1. The summed E-state index contributed by atoms with van der Waals surface area (Å²) in [5.74, 6) is -1.56. The summed E-state index contributed by atoms with van der Waals surface area (Å²) >= 11 is 0. The van der Waals surface area contributed by atoms with Crippen molar-refractivity contribution < 1.29 is 22.4 Å². The van der Waals surface area contributed by atoms with E-state index in [1.54, 1.807) is 17.0 Å². The zero-order chi connectivity index (χ0) is 22.8. The van der Waals surface area contributed by atoms with Gasteiger partial charge >= 0.3 is 0 Å². The number of alkyl halides is 2. The molecule has 2 fully saturated rings. The Hall–Kier alpha value is -3.19. The number of nitrogens with one attached hydrogen (secondary N) is 1. The van der Waals surface area contributed by atoms with Gasteiger partial charge in [-0.1, -0.05) is 6.07 Å². The smallest absolute Gasteiger partial charge is 0.257 e. The van der Waals surface area contributed by atoms with Crippen molar-refractivity contribution in [2.75, 3.05) is 24.5 Å². The van der Waals surface area contributed by atoms with Crippen LogP contribution in [0.2, 0.25) is 0 Å². The van der Waals surface area contributed by atoms with Gasteiger partial charge in [-0.05, 0) is 31.0 Å². The quantitative estimate of drug-likeness (QED) is 0.690. The van der Waals surface area contributed by atoms with Crippen LogP contribution in [0.3, 0.4) is 0 Å². The molecule has 2 saturated heterocycles. The van der Waals surface area contributed by atoms with Crippen molar-refractivity contribution in [3.8, 4) is 6.07 Å². The lowest BCUT2D eigenvalue weighted by atomic mass is 10.1. The number of amides is 1. The first-order chi connectivity index (χ1) is 15.4. The van der Waals surface area contributed by atoms with E-state index in [1.807, 2.05) is 6.07 Å². The van der Waals surface area contributed by atoms with Crippen LogP contribution in [0.4, 0.5) is 23.4 Å². The molecule has 32 heavy (non-hydrogen) atoms. The Morgan fingerprint density at radius 1 is 1.19 bits per heavy atom. The van der Waals surface area contributed by atoms with Crippen LogP contribution in [0.15, 0.2) is 36.5 Å². The fraction of sp³-hybridized carbons (Fsp3) is 0.409. The van der Waals surface area contributed by atoms with Crippen molar-refractivity contribution in [2.24, 2.45) is 0 Å². The number of fused-ring (bicyclic) bond motifs is 2. The number of rotatable bonds is 6. The molecule has 3 unspecified atom stereocenters. The number of nitrogens with zero attached hydrogens (tertiary/aromatic N) is 4. The minimum absolute atomic E-state index is 0.0403. The van der Waals surface area contributed by atoms with Gasteiger partial charge in [-0.25, -0.2) is 22.5 Å². The number of hydrogen-bond acceptors (Lipinski definition) is 5. The number of carbonyl (C=O) groups excluding carboxylic acids is 1. The van der Waals surface area contributed by atoms with Crippen molar-refractivity contribution in [2.45, 2.75) is 37.4 Å². The Morgan fingerprint density at radius 2 is 1.91 bits per heavy atom. The lowest BCUT2D eigenvalue weighted by Crippen LogP contribution is -2.57. The fourth-order valence-electron chi connectivity index (χ4n) is 4.48. The molecule has 168 valence electrons. The normalized spacial score (nSPS) is 21.0. The van der Waals surface area contributed by atoms with E-state index in [0.29, 0.717) is 24.7 Å². The molecule has 0 spiro atoms. The van der Waals surface area contributed by atoms with Gasteiger partial charge in [0.1, 0.15) is 23.5 Å². The third-order valence-electron chi connectivity index (χ3n) is 6.00. The number of carbonyl (C=O) groups is 1. The summed E-state index contributed by atoms with van der Waals surface area (Å²) in [5.41, 5.74) is 0.0816. The van der Waals surface area contributed by atoms with E-state index in [0.717, 1.165) is 30.8 Å². The predicted molar refractivity (Wildman–Crippen MR) is 108 cm³/mol. The predicted octanol–water partition coefficient (Wildman–Crippen LogP) is 3.01. The summed E-state index contributed by atoms with van der Waals surface area (Å²) in [6.07, 6.45) is 0.266. The highest BCUT2D eigenvalue weighted by Crippen LogP contribution is 2.34. The average molecular weight is 447 g/mol. The average Bonchev–Trinajstić information content (AvgIpc) is 3.03. The maximum Gasteiger partial charge on any atom is 0.257 e. The van der Waals surface area contributed by atoms with E-state index in [4.69, 9.17) is 5.26 Å². The molecule has 10 heteroatoms. The third-order valence-corrected chi connectivity index (χ3v) is 6.00. The molecule has 2 bridgehead atoms. The zero-order valence-corrected chi connectivity index (χ0v) is 17.0. The third kappa shape index (κ3) is 4.39. The van der Waals surface area contributed by atoms with Crippen LogP contribution in [0, 0.1) is 23.0 Å². The minimum Gasteiger partial charge on any atom is -0.347 e. The molecular weight excluding hydrogens is 426 g/mol. The summed E-state index contributed by atoms with van der Waals surface area (Å²) in [6, 6.07) is 6.28.